The number of hydrogen-bond acceptors (Lipinski definition) is 1. The second kappa shape index (κ2) is 17.8. The third kappa shape index (κ3) is 19.7. The molecule has 0 aliphatic carbocycles. The van der Waals surface area contributed by atoms with Gasteiger partial charge in [0, 0.05) is 25.7 Å². The summed E-state index contributed by atoms with van der Waals surface area (Å²) in [6.07, 6.45) is 9.12. The summed E-state index contributed by atoms with van der Waals surface area (Å²) in [6.45, 7) is 2.21. The summed E-state index contributed by atoms with van der Waals surface area (Å²) in [6, 6.07) is 0. The zero-order valence-corrected chi connectivity index (χ0v) is 14.1. The molecular formula is C21H26O2. The molecule has 0 saturated heterocycles. The van der Waals surface area contributed by atoms with Crippen molar-refractivity contribution >= 4 is 5.97 Å². The van der Waals surface area contributed by atoms with Crippen molar-refractivity contribution in [2.24, 2.45) is 0 Å². The predicted octanol–water partition coefficient (Wildman–Crippen LogP) is 4.40. The van der Waals surface area contributed by atoms with Crippen molar-refractivity contribution in [3.63, 3.8) is 0 Å². The van der Waals surface area contributed by atoms with Crippen LogP contribution in [0.5, 0.6) is 0 Å². The number of carboxylic acid groups (broad SMARTS) is 1. The second-order valence-electron chi connectivity index (χ2n) is 4.97. The first-order valence-electron chi connectivity index (χ1n) is 8.32. The Hall–Kier alpha value is -2.29. The van der Waals surface area contributed by atoms with Crippen LogP contribution in [0.4, 0.5) is 0 Å². The standard InChI is InChI=1S/C21H26O2/c1-2-3-4-5-6-7-8-9-10-11-12-13-14-15-16-17-18-19-20-21(22)23/h2-6,9,12,15-16,19-20H2,1H3,(H,22,23). The van der Waals surface area contributed by atoms with E-state index in [1.54, 1.807) is 0 Å². The molecule has 0 atom stereocenters. The summed E-state index contributed by atoms with van der Waals surface area (Å²) >= 11 is 0. The van der Waals surface area contributed by atoms with Gasteiger partial charge in [-0.1, -0.05) is 49.9 Å². The van der Waals surface area contributed by atoms with Crippen molar-refractivity contribution in [3.05, 3.63) is 0 Å². The van der Waals surface area contributed by atoms with Crippen LogP contribution in [0.3, 0.4) is 0 Å². The fraction of sp³-hybridized carbons (Fsp3) is 0.571. The molecule has 0 spiro atoms. The van der Waals surface area contributed by atoms with Gasteiger partial charge in [-0.25, -0.2) is 0 Å². The summed E-state index contributed by atoms with van der Waals surface area (Å²) in [5.41, 5.74) is 0. The molecule has 0 aliphatic rings. The van der Waals surface area contributed by atoms with E-state index in [0.717, 1.165) is 6.42 Å². The van der Waals surface area contributed by atoms with E-state index < -0.39 is 5.97 Å². The van der Waals surface area contributed by atoms with Crippen molar-refractivity contribution in [1.29, 1.82) is 0 Å². The Balaban J connectivity index is 3.55. The van der Waals surface area contributed by atoms with E-state index >= 15 is 0 Å². The van der Waals surface area contributed by atoms with Crippen molar-refractivity contribution in [2.75, 3.05) is 0 Å². The molecule has 23 heavy (non-hydrogen) atoms. The maximum Gasteiger partial charge on any atom is 0.304 e. The molecule has 0 aromatic heterocycles. The molecule has 2 heteroatoms. The van der Waals surface area contributed by atoms with Crippen LogP contribution in [-0.2, 0) is 4.79 Å². The molecule has 0 rings (SSSR count). The van der Waals surface area contributed by atoms with Gasteiger partial charge in [0.05, 0.1) is 19.3 Å². The summed E-state index contributed by atoms with van der Waals surface area (Å²) in [7, 11) is 0. The lowest BCUT2D eigenvalue weighted by Crippen LogP contribution is -1.91. The van der Waals surface area contributed by atoms with Crippen molar-refractivity contribution in [2.45, 2.75) is 77.6 Å². The van der Waals surface area contributed by atoms with Crippen LogP contribution >= 0.6 is 0 Å². The lowest BCUT2D eigenvalue weighted by atomic mass is 10.1. The third-order valence-corrected chi connectivity index (χ3v) is 2.85. The predicted molar refractivity (Wildman–Crippen MR) is 95.2 cm³/mol. The van der Waals surface area contributed by atoms with E-state index in [1.165, 1.54) is 25.7 Å². The maximum absolute atomic E-state index is 10.3. The van der Waals surface area contributed by atoms with Gasteiger partial charge in [-0.3, -0.25) is 4.79 Å². The number of rotatable bonds is 7. The molecule has 0 saturated carbocycles. The Morgan fingerprint density at radius 3 is 1.83 bits per heavy atom. The molecule has 0 aromatic rings. The average molecular weight is 310 g/mol. The van der Waals surface area contributed by atoms with E-state index in [9.17, 15) is 4.79 Å². The summed E-state index contributed by atoms with van der Waals surface area (Å²) < 4.78 is 0. The van der Waals surface area contributed by atoms with Gasteiger partial charge in [-0.15, -0.1) is 23.7 Å². The third-order valence-electron chi connectivity index (χ3n) is 2.85. The largest absolute Gasteiger partial charge is 0.481 e. The van der Waals surface area contributed by atoms with Gasteiger partial charge >= 0.3 is 5.97 Å². The molecule has 0 heterocycles. The first-order valence-corrected chi connectivity index (χ1v) is 8.32. The van der Waals surface area contributed by atoms with Gasteiger partial charge in [0.15, 0.2) is 0 Å². The first-order chi connectivity index (χ1) is 11.3. The van der Waals surface area contributed by atoms with Crippen LogP contribution in [-0.4, -0.2) is 11.1 Å². The smallest absolute Gasteiger partial charge is 0.304 e. The summed E-state index contributed by atoms with van der Waals surface area (Å²) in [5.74, 6) is 23.1. The molecular weight excluding hydrogens is 284 g/mol. The Bertz CT molecular complexity index is 556. The van der Waals surface area contributed by atoms with E-state index in [0.29, 0.717) is 32.1 Å². The second-order valence-corrected chi connectivity index (χ2v) is 4.97. The van der Waals surface area contributed by atoms with E-state index in [1.807, 2.05) is 0 Å². The minimum Gasteiger partial charge on any atom is -0.481 e. The van der Waals surface area contributed by atoms with Crippen LogP contribution in [0.1, 0.15) is 77.6 Å². The lowest BCUT2D eigenvalue weighted by molar-refractivity contribution is -0.136. The van der Waals surface area contributed by atoms with E-state index in [4.69, 9.17) is 5.11 Å². The van der Waals surface area contributed by atoms with Gasteiger partial charge in [0.25, 0.3) is 0 Å². The Morgan fingerprint density at radius 2 is 1.22 bits per heavy atom. The molecule has 2 nitrogen and oxygen atoms in total. The monoisotopic (exact) mass is 310 g/mol. The lowest BCUT2D eigenvalue weighted by Gasteiger charge is -1.91. The SMILES string of the molecule is CCCCCCC#CCC#CCC#CCCC#CCCC(=O)O. The highest BCUT2D eigenvalue weighted by Gasteiger charge is 1.90. The summed E-state index contributed by atoms with van der Waals surface area (Å²) in [5, 5.41) is 8.44. The Kier molecular flexibility index (Phi) is 16.0. The number of unbranched alkanes of at least 4 members (excludes halogenated alkanes) is 5. The summed E-state index contributed by atoms with van der Waals surface area (Å²) in [4.78, 5) is 10.3. The molecule has 0 amide bonds. The quantitative estimate of drug-likeness (QED) is 0.559. The Labute approximate surface area is 141 Å². The maximum atomic E-state index is 10.3. The molecule has 0 fully saturated rings. The van der Waals surface area contributed by atoms with Gasteiger partial charge in [-0.05, 0) is 6.42 Å². The molecule has 0 aliphatic heterocycles. The topological polar surface area (TPSA) is 37.3 Å². The fourth-order valence-electron chi connectivity index (χ4n) is 1.63. The molecule has 0 bridgehead atoms. The molecule has 0 aromatic carbocycles. The normalized spacial score (nSPS) is 8.22. The van der Waals surface area contributed by atoms with Crippen molar-refractivity contribution in [1.82, 2.24) is 0 Å². The zero-order valence-electron chi connectivity index (χ0n) is 14.1. The van der Waals surface area contributed by atoms with E-state index in [-0.39, 0.29) is 6.42 Å². The zero-order chi connectivity index (χ0) is 17.0. The van der Waals surface area contributed by atoms with Gasteiger partial charge in [0.1, 0.15) is 0 Å². The highest BCUT2D eigenvalue weighted by molar-refractivity contribution is 5.66. The molecule has 1 N–H and O–H groups in total. The average Bonchev–Trinajstić information content (AvgIpc) is 2.53. The van der Waals surface area contributed by atoms with Crippen molar-refractivity contribution < 1.29 is 9.90 Å². The van der Waals surface area contributed by atoms with E-state index in [2.05, 4.69) is 54.3 Å². The van der Waals surface area contributed by atoms with Crippen LogP contribution in [0.25, 0.3) is 0 Å². The number of aliphatic carboxylic acids is 1. The minimum atomic E-state index is -0.807. The van der Waals surface area contributed by atoms with Crippen LogP contribution in [0, 0.1) is 47.4 Å². The molecule has 0 unspecified atom stereocenters. The highest BCUT2D eigenvalue weighted by atomic mass is 16.4. The Morgan fingerprint density at radius 1 is 0.696 bits per heavy atom. The highest BCUT2D eigenvalue weighted by Crippen LogP contribution is 2.00. The van der Waals surface area contributed by atoms with Crippen LogP contribution < -0.4 is 0 Å². The molecule has 0 radical (unpaired) electrons. The van der Waals surface area contributed by atoms with Crippen LogP contribution in [0.15, 0.2) is 0 Å². The number of carboxylic acids is 1. The number of carbonyl (C=O) groups is 1. The first kappa shape index (κ1) is 20.7. The van der Waals surface area contributed by atoms with Crippen molar-refractivity contribution in [3.8, 4) is 47.4 Å². The van der Waals surface area contributed by atoms with Crippen LogP contribution in [0.2, 0.25) is 0 Å². The van der Waals surface area contributed by atoms with Gasteiger partial charge in [-0.2, -0.15) is 0 Å². The minimum absolute atomic E-state index is 0.107. The van der Waals surface area contributed by atoms with Gasteiger partial charge in [0.2, 0.25) is 0 Å². The number of hydrogen-bond donors (Lipinski definition) is 1. The van der Waals surface area contributed by atoms with Gasteiger partial charge < -0.3 is 5.11 Å². The fourth-order valence-corrected chi connectivity index (χ4v) is 1.63. The molecule has 122 valence electrons.